The summed E-state index contributed by atoms with van der Waals surface area (Å²) in [7, 11) is 1.33. The molecular formula is C11H13NO3. The molecule has 0 spiro atoms. The molecule has 0 radical (unpaired) electrons. The Bertz CT molecular complexity index is 364. The topological polar surface area (TPSA) is 55.4 Å². The standard InChI is InChI=1S/C11H13NO3/c1-8(13)6-7-9-4-3-5-10(12-9)11(14)15-2/h4-7,12H,3H2,1-2H3/b7-6+. The molecule has 1 aliphatic heterocycles. The smallest absolute Gasteiger partial charge is 0.354 e. The molecule has 0 unspecified atom stereocenters. The molecule has 1 rings (SSSR count). The van der Waals surface area contributed by atoms with Crippen LogP contribution < -0.4 is 5.32 Å². The van der Waals surface area contributed by atoms with Gasteiger partial charge in [-0.2, -0.15) is 0 Å². The van der Waals surface area contributed by atoms with Crippen molar-refractivity contribution in [3.63, 3.8) is 0 Å². The average molecular weight is 207 g/mol. The van der Waals surface area contributed by atoms with E-state index in [1.807, 2.05) is 6.08 Å². The number of methoxy groups -OCH3 is 1. The summed E-state index contributed by atoms with van der Waals surface area (Å²) in [6, 6.07) is 0. The predicted octanol–water partition coefficient (Wildman–Crippen LogP) is 1.07. The number of hydrogen-bond donors (Lipinski definition) is 1. The first-order valence-corrected chi connectivity index (χ1v) is 4.58. The fraction of sp³-hybridized carbons (Fsp3) is 0.273. The third kappa shape index (κ3) is 3.42. The second-order valence-electron chi connectivity index (χ2n) is 3.07. The van der Waals surface area contributed by atoms with Crippen LogP contribution in [0.3, 0.4) is 0 Å². The molecule has 15 heavy (non-hydrogen) atoms. The highest BCUT2D eigenvalue weighted by Gasteiger charge is 2.12. The highest BCUT2D eigenvalue weighted by Crippen LogP contribution is 2.09. The molecule has 4 heteroatoms. The summed E-state index contributed by atoms with van der Waals surface area (Å²) in [4.78, 5) is 21.9. The van der Waals surface area contributed by atoms with E-state index in [0.717, 1.165) is 5.70 Å². The molecule has 0 aromatic carbocycles. The van der Waals surface area contributed by atoms with Crippen LogP contribution in [0.2, 0.25) is 0 Å². The van der Waals surface area contributed by atoms with Crippen molar-refractivity contribution in [3.8, 4) is 0 Å². The molecule has 0 fully saturated rings. The van der Waals surface area contributed by atoms with E-state index in [1.54, 1.807) is 12.2 Å². The fourth-order valence-electron chi connectivity index (χ4n) is 1.12. The van der Waals surface area contributed by atoms with Gasteiger partial charge in [0.2, 0.25) is 0 Å². The highest BCUT2D eigenvalue weighted by molar-refractivity contribution is 5.89. The van der Waals surface area contributed by atoms with Crippen molar-refractivity contribution in [2.45, 2.75) is 13.3 Å². The Hall–Kier alpha value is -1.84. The molecule has 0 bridgehead atoms. The number of nitrogens with one attached hydrogen (secondary N) is 1. The first kappa shape index (κ1) is 11.2. The monoisotopic (exact) mass is 207 g/mol. The second kappa shape index (κ2) is 5.14. The first-order valence-electron chi connectivity index (χ1n) is 4.58. The Balaban J connectivity index is 2.63. The summed E-state index contributed by atoms with van der Waals surface area (Å²) in [5.74, 6) is -0.441. The van der Waals surface area contributed by atoms with E-state index >= 15 is 0 Å². The molecule has 4 nitrogen and oxygen atoms in total. The predicted molar refractivity (Wildman–Crippen MR) is 55.8 cm³/mol. The lowest BCUT2D eigenvalue weighted by Gasteiger charge is -2.13. The summed E-state index contributed by atoms with van der Waals surface area (Å²) in [6.07, 6.45) is 7.34. The van der Waals surface area contributed by atoms with E-state index in [-0.39, 0.29) is 5.78 Å². The van der Waals surface area contributed by atoms with Gasteiger partial charge in [0.1, 0.15) is 5.70 Å². The van der Waals surface area contributed by atoms with Crippen molar-refractivity contribution in [1.82, 2.24) is 5.32 Å². The molecule has 1 heterocycles. The Morgan fingerprint density at radius 3 is 2.80 bits per heavy atom. The van der Waals surface area contributed by atoms with E-state index in [4.69, 9.17) is 0 Å². The van der Waals surface area contributed by atoms with Gasteiger partial charge in [-0.3, -0.25) is 4.79 Å². The number of carbonyl (C=O) groups excluding carboxylic acids is 2. The maximum absolute atomic E-state index is 11.2. The number of rotatable bonds is 3. The number of allylic oxidation sites excluding steroid dienone is 4. The Kier molecular flexibility index (Phi) is 3.85. The van der Waals surface area contributed by atoms with Crippen molar-refractivity contribution in [1.29, 1.82) is 0 Å². The Labute approximate surface area is 88.3 Å². The van der Waals surface area contributed by atoms with Crippen LogP contribution in [0.25, 0.3) is 0 Å². The third-order valence-corrected chi connectivity index (χ3v) is 1.84. The maximum Gasteiger partial charge on any atom is 0.354 e. The summed E-state index contributed by atoms with van der Waals surface area (Å²) in [6.45, 7) is 1.47. The van der Waals surface area contributed by atoms with Crippen molar-refractivity contribution in [2.75, 3.05) is 7.11 Å². The molecular weight excluding hydrogens is 194 g/mol. The first-order chi connectivity index (χ1) is 7.13. The molecule has 0 aromatic heterocycles. The number of ketones is 1. The zero-order valence-electron chi connectivity index (χ0n) is 8.74. The van der Waals surface area contributed by atoms with Crippen LogP contribution in [0.1, 0.15) is 13.3 Å². The SMILES string of the molecule is COC(=O)C1=CCC=C(/C=C/C(C)=O)N1. The molecule has 80 valence electrons. The van der Waals surface area contributed by atoms with Crippen molar-refractivity contribution < 1.29 is 14.3 Å². The van der Waals surface area contributed by atoms with E-state index in [0.29, 0.717) is 12.1 Å². The van der Waals surface area contributed by atoms with Crippen LogP contribution in [0, 0.1) is 0 Å². The fourth-order valence-corrected chi connectivity index (χ4v) is 1.12. The van der Waals surface area contributed by atoms with Gasteiger partial charge in [0.15, 0.2) is 5.78 Å². The van der Waals surface area contributed by atoms with Crippen molar-refractivity contribution in [3.05, 3.63) is 35.7 Å². The minimum atomic E-state index is -0.406. The van der Waals surface area contributed by atoms with Crippen LogP contribution in [-0.4, -0.2) is 18.9 Å². The molecule has 0 atom stereocenters. The molecule has 0 aromatic rings. The Morgan fingerprint density at radius 2 is 2.20 bits per heavy atom. The summed E-state index contributed by atoms with van der Waals surface area (Å²) in [5, 5.41) is 2.87. The van der Waals surface area contributed by atoms with Crippen LogP contribution in [0.15, 0.2) is 35.7 Å². The zero-order valence-corrected chi connectivity index (χ0v) is 8.74. The largest absolute Gasteiger partial charge is 0.464 e. The van der Waals surface area contributed by atoms with Gasteiger partial charge in [0, 0.05) is 5.70 Å². The van der Waals surface area contributed by atoms with E-state index < -0.39 is 5.97 Å². The van der Waals surface area contributed by atoms with Gasteiger partial charge < -0.3 is 10.1 Å². The molecule has 0 aliphatic carbocycles. The second-order valence-corrected chi connectivity index (χ2v) is 3.07. The van der Waals surface area contributed by atoms with Gasteiger partial charge >= 0.3 is 5.97 Å². The summed E-state index contributed by atoms with van der Waals surface area (Å²) >= 11 is 0. The van der Waals surface area contributed by atoms with Crippen molar-refractivity contribution >= 4 is 11.8 Å². The number of hydrogen-bond acceptors (Lipinski definition) is 4. The van der Waals surface area contributed by atoms with E-state index in [2.05, 4.69) is 10.1 Å². The lowest BCUT2D eigenvalue weighted by molar-refractivity contribution is -0.136. The quantitative estimate of drug-likeness (QED) is 0.555. The van der Waals surface area contributed by atoms with Gasteiger partial charge in [-0.05, 0) is 31.6 Å². The molecule has 0 saturated heterocycles. The van der Waals surface area contributed by atoms with E-state index in [1.165, 1.54) is 20.1 Å². The molecule has 1 aliphatic rings. The summed E-state index contributed by atoms with van der Waals surface area (Å²) in [5.41, 5.74) is 1.14. The maximum atomic E-state index is 11.2. The Morgan fingerprint density at radius 1 is 1.47 bits per heavy atom. The van der Waals surface area contributed by atoms with Gasteiger partial charge in [0.25, 0.3) is 0 Å². The molecule has 0 saturated carbocycles. The van der Waals surface area contributed by atoms with Crippen LogP contribution >= 0.6 is 0 Å². The average Bonchev–Trinajstić information content (AvgIpc) is 2.25. The van der Waals surface area contributed by atoms with E-state index in [9.17, 15) is 9.59 Å². The summed E-state index contributed by atoms with van der Waals surface area (Å²) < 4.78 is 4.58. The van der Waals surface area contributed by atoms with Gasteiger partial charge in [-0.15, -0.1) is 0 Å². The zero-order chi connectivity index (χ0) is 11.3. The van der Waals surface area contributed by atoms with Crippen LogP contribution in [0.5, 0.6) is 0 Å². The number of dihydropyridines is 1. The number of ether oxygens (including phenoxy) is 1. The molecule has 0 amide bonds. The lowest BCUT2D eigenvalue weighted by atomic mass is 10.2. The van der Waals surface area contributed by atoms with Crippen molar-refractivity contribution in [2.24, 2.45) is 0 Å². The normalized spacial score (nSPS) is 15.3. The van der Waals surface area contributed by atoms with Crippen LogP contribution in [0.4, 0.5) is 0 Å². The molecule has 1 N–H and O–H groups in total. The lowest BCUT2D eigenvalue weighted by Crippen LogP contribution is -2.22. The third-order valence-electron chi connectivity index (χ3n) is 1.84. The number of esters is 1. The minimum absolute atomic E-state index is 0.0353. The van der Waals surface area contributed by atoms with Crippen LogP contribution in [-0.2, 0) is 14.3 Å². The minimum Gasteiger partial charge on any atom is -0.464 e. The van der Waals surface area contributed by atoms with Gasteiger partial charge in [-0.1, -0.05) is 6.08 Å². The van der Waals surface area contributed by atoms with Gasteiger partial charge in [-0.25, -0.2) is 4.79 Å². The number of carbonyl (C=O) groups is 2. The van der Waals surface area contributed by atoms with Gasteiger partial charge in [0.05, 0.1) is 7.11 Å². The highest BCUT2D eigenvalue weighted by atomic mass is 16.5.